The van der Waals surface area contributed by atoms with E-state index in [-0.39, 0.29) is 16.9 Å². The number of ether oxygens (including phenoxy) is 1. The van der Waals surface area contributed by atoms with Gasteiger partial charge in [-0.05, 0) is 53.3 Å². The lowest BCUT2D eigenvalue weighted by Crippen LogP contribution is -2.02. The molecule has 0 heterocycles. The highest BCUT2D eigenvalue weighted by molar-refractivity contribution is 5.84. The SMILES string of the molecule is CCCCCc1ccc(-c2c(-c3ccc(OC(F)F)cc3)cc(F)c(CO)c2F)cc1. The molecule has 0 saturated carbocycles. The van der Waals surface area contributed by atoms with Crippen molar-refractivity contribution in [3.8, 4) is 28.0 Å². The summed E-state index contributed by atoms with van der Waals surface area (Å²) in [5.74, 6) is -1.77. The number of benzene rings is 3. The number of aryl methyl sites for hydroxylation is 1. The second kappa shape index (κ2) is 10.4. The maximum atomic E-state index is 15.2. The van der Waals surface area contributed by atoms with Crippen LogP contribution in [-0.4, -0.2) is 11.7 Å². The van der Waals surface area contributed by atoms with E-state index in [1.165, 1.54) is 24.3 Å². The number of alkyl halides is 2. The van der Waals surface area contributed by atoms with Gasteiger partial charge < -0.3 is 9.84 Å². The minimum Gasteiger partial charge on any atom is -0.435 e. The minimum absolute atomic E-state index is 0.0512. The lowest BCUT2D eigenvalue weighted by molar-refractivity contribution is -0.0498. The molecule has 0 radical (unpaired) electrons. The van der Waals surface area contributed by atoms with Crippen LogP contribution >= 0.6 is 0 Å². The molecule has 3 aromatic carbocycles. The smallest absolute Gasteiger partial charge is 0.387 e. The molecule has 3 aromatic rings. The van der Waals surface area contributed by atoms with Gasteiger partial charge in [-0.1, -0.05) is 56.2 Å². The first-order valence-corrected chi connectivity index (χ1v) is 10.2. The summed E-state index contributed by atoms with van der Waals surface area (Å²) in [5, 5.41) is 9.45. The molecule has 6 heteroatoms. The number of hydrogen-bond donors (Lipinski definition) is 1. The summed E-state index contributed by atoms with van der Waals surface area (Å²) in [5.41, 5.74) is 2.09. The molecular formula is C25H24F4O2. The zero-order chi connectivity index (χ0) is 22.4. The third-order valence-corrected chi connectivity index (χ3v) is 5.17. The fourth-order valence-electron chi connectivity index (χ4n) is 3.55. The summed E-state index contributed by atoms with van der Waals surface area (Å²) in [6.45, 7) is -1.61. The van der Waals surface area contributed by atoms with Crippen LogP contribution in [0.2, 0.25) is 0 Å². The van der Waals surface area contributed by atoms with Gasteiger partial charge in [0.15, 0.2) is 0 Å². The molecule has 0 atom stereocenters. The van der Waals surface area contributed by atoms with Crippen LogP contribution in [0.4, 0.5) is 17.6 Å². The van der Waals surface area contributed by atoms with Crippen LogP contribution in [0.15, 0.2) is 54.6 Å². The number of aliphatic hydroxyl groups excluding tert-OH is 1. The first kappa shape index (κ1) is 22.8. The van der Waals surface area contributed by atoms with Gasteiger partial charge in [-0.2, -0.15) is 8.78 Å². The van der Waals surface area contributed by atoms with E-state index in [9.17, 15) is 18.3 Å². The first-order valence-electron chi connectivity index (χ1n) is 10.2. The Morgan fingerprint density at radius 3 is 2.13 bits per heavy atom. The summed E-state index contributed by atoms with van der Waals surface area (Å²) in [6, 6.07) is 14.1. The van der Waals surface area contributed by atoms with Crippen LogP contribution in [0.3, 0.4) is 0 Å². The lowest BCUT2D eigenvalue weighted by atomic mass is 9.91. The van der Waals surface area contributed by atoms with Gasteiger partial charge in [0.25, 0.3) is 0 Å². The van der Waals surface area contributed by atoms with Crippen molar-refractivity contribution in [1.29, 1.82) is 0 Å². The van der Waals surface area contributed by atoms with Crippen LogP contribution in [0.1, 0.15) is 37.3 Å². The molecule has 3 rings (SSSR count). The number of unbranched alkanes of at least 4 members (excludes halogenated alkanes) is 2. The van der Waals surface area contributed by atoms with Gasteiger partial charge in [0, 0.05) is 11.1 Å². The summed E-state index contributed by atoms with van der Waals surface area (Å²) >= 11 is 0. The van der Waals surface area contributed by atoms with Gasteiger partial charge in [-0.3, -0.25) is 0 Å². The lowest BCUT2D eigenvalue weighted by Gasteiger charge is -2.16. The van der Waals surface area contributed by atoms with E-state index in [2.05, 4.69) is 11.7 Å². The van der Waals surface area contributed by atoms with Crippen molar-refractivity contribution in [1.82, 2.24) is 0 Å². The van der Waals surface area contributed by atoms with E-state index in [0.717, 1.165) is 37.3 Å². The van der Waals surface area contributed by atoms with Gasteiger partial charge in [0.1, 0.15) is 17.4 Å². The first-order chi connectivity index (χ1) is 14.9. The Kier molecular flexibility index (Phi) is 7.69. The van der Waals surface area contributed by atoms with Gasteiger partial charge in [0.2, 0.25) is 0 Å². The van der Waals surface area contributed by atoms with Crippen LogP contribution in [0, 0.1) is 11.6 Å². The van der Waals surface area contributed by atoms with E-state index in [1.54, 1.807) is 12.1 Å². The summed E-state index contributed by atoms with van der Waals surface area (Å²) in [7, 11) is 0. The van der Waals surface area contributed by atoms with Crippen molar-refractivity contribution in [2.75, 3.05) is 0 Å². The quantitative estimate of drug-likeness (QED) is 0.288. The van der Waals surface area contributed by atoms with E-state index < -0.39 is 30.4 Å². The molecule has 0 saturated heterocycles. The van der Waals surface area contributed by atoms with Crippen LogP contribution in [0.5, 0.6) is 5.75 Å². The predicted molar refractivity (Wildman–Crippen MR) is 113 cm³/mol. The number of hydrogen-bond acceptors (Lipinski definition) is 2. The largest absolute Gasteiger partial charge is 0.435 e. The Morgan fingerprint density at radius 1 is 0.903 bits per heavy atom. The molecular weight excluding hydrogens is 408 g/mol. The molecule has 0 fully saturated rings. The fourth-order valence-corrected chi connectivity index (χ4v) is 3.55. The minimum atomic E-state index is -2.96. The highest BCUT2D eigenvalue weighted by Crippen LogP contribution is 2.38. The summed E-state index contributed by atoms with van der Waals surface area (Å²) < 4.78 is 58.9. The number of rotatable bonds is 9. The van der Waals surface area contributed by atoms with Gasteiger partial charge >= 0.3 is 6.61 Å². The molecule has 0 aliphatic rings. The van der Waals surface area contributed by atoms with Crippen molar-refractivity contribution < 1.29 is 27.4 Å². The zero-order valence-electron chi connectivity index (χ0n) is 17.2. The molecule has 164 valence electrons. The van der Waals surface area contributed by atoms with Gasteiger partial charge in [0.05, 0.1) is 6.61 Å². The molecule has 0 unspecified atom stereocenters. The normalized spacial score (nSPS) is 11.2. The Labute approximate surface area is 179 Å². The van der Waals surface area contributed by atoms with E-state index >= 15 is 4.39 Å². The number of aliphatic hydroxyl groups is 1. The molecule has 2 nitrogen and oxygen atoms in total. The molecule has 31 heavy (non-hydrogen) atoms. The third-order valence-electron chi connectivity index (χ3n) is 5.17. The maximum Gasteiger partial charge on any atom is 0.387 e. The van der Waals surface area contributed by atoms with E-state index in [1.807, 2.05) is 12.1 Å². The second-order valence-corrected chi connectivity index (χ2v) is 7.29. The van der Waals surface area contributed by atoms with Crippen LogP contribution in [0.25, 0.3) is 22.3 Å². The highest BCUT2D eigenvalue weighted by Gasteiger charge is 2.20. The average molecular weight is 432 g/mol. The van der Waals surface area contributed by atoms with Gasteiger partial charge in [-0.25, -0.2) is 8.78 Å². The molecule has 0 bridgehead atoms. The second-order valence-electron chi connectivity index (χ2n) is 7.29. The molecule has 1 N–H and O–H groups in total. The molecule has 0 spiro atoms. The average Bonchev–Trinajstić information content (AvgIpc) is 2.75. The maximum absolute atomic E-state index is 15.2. The number of halogens is 4. The fraction of sp³-hybridized carbons (Fsp3) is 0.280. The Balaban J connectivity index is 2.04. The topological polar surface area (TPSA) is 29.5 Å². The molecule has 0 aromatic heterocycles. The van der Waals surface area contributed by atoms with Crippen LogP contribution in [-0.2, 0) is 13.0 Å². The monoisotopic (exact) mass is 432 g/mol. The predicted octanol–water partition coefficient (Wildman–Crippen LogP) is 7.13. The zero-order valence-corrected chi connectivity index (χ0v) is 17.2. The van der Waals surface area contributed by atoms with Crippen molar-refractivity contribution in [3.05, 3.63) is 77.4 Å². The van der Waals surface area contributed by atoms with Crippen molar-refractivity contribution in [3.63, 3.8) is 0 Å². The Morgan fingerprint density at radius 2 is 1.55 bits per heavy atom. The van der Waals surface area contributed by atoms with Crippen molar-refractivity contribution >= 4 is 0 Å². The summed E-state index contributed by atoms with van der Waals surface area (Å²) in [4.78, 5) is 0. The van der Waals surface area contributed by atoms with E-state index in [0.29, 0.717) is 11.1 Å². The van der Waals surface area contributed by atoms with Gasteiger partial charge in [-0.15, -0.1) is 0 Å². The molecule has 0 amide bonds. The molecule has 0 aliphatic heterocycles. The van der Waals surface area contributed by atoms with Crippen molar-refractivity contribution in [2.24, 2.45) is 0 Å². The van der Waals surface area contributed by atoms with Crippen LogP contribution < -0.4 is 4.74 Å². The highest BCUT2D eigenvalue weighted by atomic mass is 19.3. The Bertz CT molecular complexity index is 1000. The molecule has 0 aliphatic carbocycles. The third kappa shape index (κ3) is 5.44. The van der Waals surface area contributed by atoms with Crippen molar-refractivity contribution in [2.45, 2.75) is 45.8 Å². The van der Waals surface area contributed by atoms with E-state index in [4.69, 9.17) is 0 Å². The summed E-state index contributed by atoms with van der Waals surface area (Å²) in [6.07, 6.45) is 4.23. The Hall–Kier alpha value is -2.86. The standard InChI is InChI=1S/C25H24F4O2/c1-2-3-4-5-16-6-8-18(9-7-16)23-20(14-22(26)21(15-30)24(23)27)17-10-12-19(13-11-17)31-25(28)29/h6-14,25,30H,2-5,15H2,1H3.